The van der Waals surface area contributed by atoms with Crippen molar-refractivity contribution in [3.05, 3.63) is 56.8 Å². The zero-order valence-electron chi connectivity index (χ0n) is 13.7. The molecule has 11 heteroatoms. The molecule has 25 heavy (non-hydrogen) atoms. The topological polar surface area (TPSA) is 168 Å². The maximum Gasteiger partial charge on any atom is 0.344 e. The number of rotatable bonds is 8. The first-order valence-corrected chi connectivity index (χ1v) is 7.75. The van der Waals surface area contributed by atoms with Gasteiger partial charge in [-0.3, -0.25) is 0 Å². The maximum absolute atomic E-state index is 11.6. The van der Waals surface area contributed by atoms with Crippen LogP contribution in [0.25, 0.3) is 20.9 Å². The van der Waals surface area contributed by atoms with Gasteiger partial charge in [0, 0.05) is 35.0 Å². The summed E-state index contributed by atoms with van der Waals surface area (Å²) in [6.45, 7) is 1.95. The number of hydrogen-bond acceptors (Lipinski definition) is 5. The molecule has 1 aliphatic heterocycles. The van der Waals surface area contributed by atoms with E-state index >= 15 is 0 Å². The summed E-state index contributed by atoms with van der Waals surface area (Å²) in [5.74, 6) is 0. The second-order valence-corrected chi connectivity index (χ2v) is 4.83. The molecule has 1 aromatic rings. The molecule has 1 unspecified atom stereocenters. The van der Waals surface area contributed by atoms with Crippen LogP contribution in [0.1, 0.15) is 24.6 Å². The normalized spacial score (nSPS) is 14.3. The highest BCUT2D eigenvalue weighted by Gasteiger charge is 2.42. The number of benzene rings is 1. The molecule has 1 atom stereocenters. The van der Waals surface area contributed by atoms with Crippen LogP contribution in [0.2, 0.25) is 0 Å². The van der Waals surface area contributed by atoms with Crippen molar-refractivity contribution in [2.75, 3.05) is 26.2 Å². The number of urea groups is 1. The number of nitrogens with one attached hydrogen (secondary N) is 1. The molecule has 0 saturated carbocycles. The Morgan fingerprint density at radius 3 is 2.44 bits per heavy atom. The number of hydroxylamine groups is 2. The van der Waals surface area contributed by atoms with Crippen molar-refractivity contribution in [1.82, 2.24) is 10.4 Å². The van der Waals surface area contributed by atoms with Crippen LogP contribution in [0.3, 0.4) is 0 Å². The summed E-state index contributed by atoms with van der Waals surface area (Å²) in [7, 11) is 0. The largest absolute Gasteiger partial charge is 0.344 e. The molecule has 1 fully saturated rings. The lowest BCUT2D eigenvalue weighted by atomic mass is 10.2. The summed E-state index contributed by atoms with van der Waals surface area (Å²) in [6.07, 6.45) is 1.10. The van der Waals surface area contributed by atoms with Gasteiger partial charge in [-0.25, -0.2) is 9.63 Å². The van der Waals surface area contributed by atoms with Gasteiger partial charge in [0.1, 0.15) is 0 Å². The number of carbonyl (C=O) groups excluding carboxylic acids is 1. The smallest absolute Gasteiger partial charge is 0.336 e. The van der Waals surface area contributed by atoms with E-state index in [4.69, 9.17) is 21.6 Å². The lowest BCUT2D eigenvalue weighted by Gasteiger charge is -2.02. The minimum Gasteiger partial charge on any atom is -0.336 e. The van der Waals surface area contributed by atoms with Crippen LogP contribution in [0.4, 0.5) is 4.79 Å². The molecule has 11 nitrogen and oxygen atoms in total. The molecule has 0 spiro atoms. The van der Waals surface area contributed by atoms with Crippen molar-refractivity contribution in [2.45, 2.75) is 19.1 Å². The third kappa shape index (κ3) is 8.45. The van der Waals surface area contributed by atoms with Crippen molar-refractivity contribution in [3.8, 4) is 0 Å². The van der Waals surface area contributed by atoms with Crippen LogP contribution >= 0.6 is 0 Å². The number of azide groups is 2. The lowest BCUT2D eigenvalue weighted by molar-refractivity contribution is 0.177. The van der Waals surface area contributed by atoms with E-state index in [1.54, 1.807) is 0 Å². The summed E-state index contributed by atoms with van der Waals surface area (Å²) in [5.41, 5.74) is 21.8. The SMILES string of the molecule is [N-]=[N+]=NCCCN.[N-]=[N+]=NCCCNC(=O)N1OC1c1ccccc1. The molecule has 1 saturated heterocycles. The van der Waals surface area contributed by atoms with Gasteiger partial charge in [0.05, 0.1) is 0 Å². The van der Waals surface area contributed by atoms with E-state index < -0.39 is 0 Å². The number of nitrogens with two attached hydrogens (primary N) is 1. The minimum atomic E-state index is -0.289. The average molecular weight is 347 g/mol. The summed E-state index contributed by atoms with van der Waals surface area (Å²) >= 11 is 0. The van der Waals surface area contributed by atoms with E-state index in [-0.39, 0.29) is 12.3 Å². The lowest BCUT2D eigenvalue weighted by Crippen LogP contribution is -2.29. The fraction of sp³-hybridized carbons (Fsp3) is 0.500. The van der Waals surface area contributed by atoms with Crippen LogP contribution in [0, 0.1) is 0 Å². The van der Waals surface area contributed by atoms with Gasteiger partial charge in [0.2, 0.25) is 6.23 Å². The first-order chi connectivity index (χ1) is 12.2. The Morgan fingerprint density at radius 2 is 1.84 bits per heavy atom. The molecule has 1 heterocycles. The number of amides is 2. The van der Waals surface area contributed by atoms with Crippen LogP contribution < -0.4 is 11.1 Å². The van der Waals surface area contributed by atoms with Gasteiger partial charge >= 0.3 is 6.03 Å². The van der Waals surface area contributed by atoms with Crippen molar-refractivity contribution in [1.29, 1.82) is 0 Å². The zero-order valence-corrected chi connectivity index (χ0v) is 13.7. The molecule has 0 aromatic heterocycles. The Labute approximate surface area is 144 Å². The molecule has 3 N–H and O–H groups in total. The molecule has 134 valence electrons. The molecule has 1 aliphatic rings. The van der Waals surface area contributed by atoms with Crippen molar-refractivity contribution >= 4 is 6.03 Å². The van der Waals surface area contributed by atoms with Crippen molar-refractivity contribution < 1.29 is 9.63 Å². The minimum absolute atomic E-state index is 0.273. The maximum atomic E-state index is 11.6. The summed E-state index contributed by atoms with van der Waals surface area (Å²) in [4.78, 5) is 22.0. The number of nitrogens with zero attached hydrogens (tertiary/aromatic N) is 7. The molecule has 2 rings (SSSR count). The highest BCUT2D eigenvalue weighted by atomic mass is 16.8. The predicted octanol–water partition coefficient (Wildman–Crippen LogP) is 2.99. The second kappa shape index (κ2) is 12.5. The second-order valence-electron chi connectivity index (χ2n) is 4.83. The molecular formula is C14H21N9O2. The van der Waals surface area contributed by atoms with Crippen molar-refractivity contribution in [2.24, 2.45) is 16.0 Å². The highest BCUT2D eigenvalue weighted by Crippen LogP contribution is 2.36. The summed E-state index contributed by atoms with van der Waals surface area (Å²) in [5, 5.41) is 10.6. The number of carbonyl (C=O) groups is 1. The first kappa shape index (κ1) is 20.1. The van der Waals surface area contributed by atoms with E-state index in [1.165, 1.54) is 5.06 Å². The van der Waals surface area contributed by atoms with Gasteiger partial charge in [-0.05, 0) is 30.4 Å². The zero-order chi connectivity index (χ0) is 18.3. The van der Waals surface area contributed by atoms with Gasteiger partial charge in [-0.15, -0.1) is 0 Å². The molecule has 0 bridgehead atoms. The van der Waals surface area contributed by atoms with Gasteiger partial charge in [0.25, 0.3) is 0 Å². The van der Waals surface area contributed by atoms with Gasteiger partial charge in [-0.2, -0.15) is 5.06 Å². The fourth-order valence-corrected chi connectivity index (χ4v) is 1.72. The summed E-state index contributed by atoms with van der Waals surface area (Å²) < 4.78 is 0. The van der Waals surface area contributed by atoms with Crippen LogP contribution in [0.5, 0.6) is 0 Å². The Hall–Kier alpha value is -2.97. The van der Waals surface area contributed by atoms with E-state index in [1.807, 2.05) is 30.3 Å². The van der Waals surface area contributed by atoms with Crippen LogP contribution in [-0.2, 0) is 4.84 Å². The van der Waals surface area contributed by atoms with E-state index in [9.17, 15) is 4.79 Å². The van der Waals surface area contributed by atoms with Crippen LogP contribution in [0.15, 0.2) is 40.6 Å². The first-order valence-electron chi connectivity index (χ1n) is 7.75. The molecule has 2 amide bonds. The average Bonchev–Trinajstić information content (AvgIpc) is 3.44. The summed E-state index contributed by atoms with van der Waals surface area (Å²) in [6, 6.07) is 9.23. The molecule has 0 aliphatic carbocycles. The van der Waals surface area contributed by atoms with Crippen molar-refractivity contribution in [3.63, 3.8) is 0 Å². The Morgan fingerprint density at radius 1 is 1.20 bits per heavy atom. The van der Waals surface area contributed by atoms with E-state index in [0.29, 0.717) is 32.6 Å². The Kier molecular flexibility index (Phi) is 10.00. The fourth-order valence-electron chi connectivity index (χ4n) is 1.72. The third-order valence-corrected chi connectivity index (χ3v) is 2.97. The monoisotopic (exact) mass is 347 g/mol. The Balaban J connectivity index is 0.000000381. The van der Waals surface area contributed by atoms with Gasteiger partial charge in [-0.1, -0.05) is 40.6 Å². The van der Waals surface area contributed by atoms with Gasteiger partial charge in [0.15, 0.2) is 0 Å². The Bertz CT molecular complexity index is 612. The molecular weight excluding hydrogens is 326 g/mol. The third-order valence-electron chi connectivity index (χ3n) is 2.97. The molecule has 1 aromatic carbocycles. The van der Waals surface area contributed by atoms with Crippen LogP contribution in [-0.4, -0.2) is 37.3 Å². The number of hydrogen-bond donors (Lipinski definition) is 2. The predicted molar refractivity (Wildman–Crippen MR) is 91.8 cm³/mol. The quantitative estimate of drug-likeness (QED) is 0.243. The van der Waals surface area contributed by atoms with E-state index in [0.717, 1.165) is 12.0 Å². The van der Waals surface area contributed by atoms with E-state index in [2.05, 4.69) is 25.4 Å². The highest BCUT2D eigenvalue weighted by molar-refractivity contribution is 5.74. The standard InChI is InChI=1S/C11H13N5O2.C3H8N4/c12-15-14-8-4-7-13-11(17)16-10(18-16)9-5-2-1-3-6-9;4-2-1-3-6-7-5/h1-3,5-6,10H,4,7-8H2,(H,13,17);1-4H2. The van der Waals surface area contributed by atoms with Gasteiger partial charge < -0.3 is 11.1 Å². The molecule has 0 radical (unpaired) electrons.